The highest BCUT2D eigenvalue weighted by Gasteiger charge is 2.03. The minimum absolute atomic E-state index is 0.891. The van der Waals surface area contributed by atoms with Gasteiger partial charge in [-0.3, -0.25) is 0 Å². The number of hydrogen-bond donors (Lipinski definition) is 2. The lowest BCUT2D eigenvalue weighted by Gasteiger charge is -2.08. The van der Waals surface area contributed by atoms with Gasteiger partial charge in [-0.15, -0.1) is 0 Å². The Morgan fingerprint density at radius 1 is 0.850 bits per heavy atom. The molecule has 0 aliphatic carbocycles. The lowest BCUT2D eigenvalue weighted by atomic mass is 10.1. The average molecular weight is 264 g/mol. The van der Waals surface area contributed by atoms with Crippen molar-refractivity contribution >= 4 is 10.9 Å². The number of aromatic amines is 1. The molecule has 102 valence electrons. The van der Waals surface area contributed by atoms with Crippen LogP contribution < -0.4 is 5.32 Å². The van der Waals surface area contributed by atoms with Gasteiger partial charge in [-0.2, -0.15) is 0 Å². The second kappa shape index (κ2) is 5.93. The van der Waals surface area contributed by atoms with Crippen LogP contribution in [-0.2, 0) is 19.5 Å². The lowest BCUT2D eigenvalue weighted by molar-refractivity contribution is 0.691. The van der Waals surface area contributed by atoms with Crippen molar-refractivity contribution < 1.29 is 0 Å². The van der Waals surface area contributed by atoms with E-state index in [1.54, 1.807) is 0 Å². The van der Waals surface area contributed by atoms with Crippen molar-refractivity contribution in [3.8, 4) is 0 Å². The normalized spacial score (nSPS) is 11.1. The fraction of sp³-hybridized carbons (Fsp3) is 0.222. The van der Waals surface area contributed by atoms with Crippen molar-refractivity contribution in [2.24, 2.45) is 0 Å². The smallest absolute Gasteiger partial charge is 0.0457 e. The molecule has 3 aromatic rings. The molecule has 0 aliphatic rings. The van der Waals surface area contributed by atoms with Gasteiger partial charge in [0.2, 0.25) is 0 Å². The van der Waals surface area contributed by atoms with Crippen LogP contribution in [0.15, 0.2) is 54.7 Å². The summed E-state index contributed by atoms with van der Waals surface area (Å²) in [5.41, 5.74) is 5.36. The largest absolute Gasteiger partial charge is 0.361 e. The van der Waals surface area contributed by atoms with E-state index in [2.05, 4.69) is 72.0 Å². The second-order valence-electron chi connectivity index (χ2n) is 5.09. The Kier molecular flexibility index (Phi) is 3.84. The molecule has 0 atom stereocenters. The summed E-state index contributed by atoms with van der Waals surface area (Å²) in [4.78, 5) is 3.32. The predicted octanol–water partition coefficient (Wildman–Crippen LogP) is 4.02. The number of nitrogens with one attached hydrogen (secondary N) is 2. The molecule has 3 rings (SSSR count). The van der Waals surface area contributed by atoms with Crippen molar-refractivity contribution in [1.29, 1.82) is 0 Å². The summed E-state index contributed by atoms with van der Waals surface area (Å²) < 4.78 is 0. The van der Waals surface area contributed by atoms with Gasteiger partial charge in [0.25, 0.3) is 0 Å². The Bertz CT molecular complexity index is 697. The third kappa shape index (κ3) is 2.61. The zero-order chi connectivity index (χ0) is 13.8. The molecule has 2 aromatic carbocycles. The van der Waals surface area contributed by atoms with E-state index in [1.807, 2.05) is 0 Å². The Hall–Kier alpha value is -2.06. The third-order valence-corrected chi connectivity index (χ3v) is 3.81. The molecule has 0 unspecified atom stereocenters. The maximum Gasteiger partial charge on any atom is 0.0457 e. The van der Waals surface area contributed by atoms with Crippen LogP contribution in [0, 0.1) is 0 Å². The van der Waals surface area contributed by atoms with Crippen LogP contribution in [0.3, 0.4) is 0 Å². The summed E-state index contributed by atoms with van der Waals surface area (Å²) in [6, 6.07) is 17.1. The third-order valence-electron chi connectivity index (χ3n) is 3.81. The highest BCUT2D eigenvalue weighted by atomic mass is 14.9. The van der Waals surface area contributed by atoms with Crippen LogP contribution in [0.1, 0.15) is 23.6 Å². The van der Waals surface area contributed by atoms with E-state index in [1.165, 1.54) is 27.6 Å². The lowest BCUT2D eigenvalue weighted by Crippen LogP contribution is -2.13. The van der Waals surface area contributed by atoms with Crippen LogP contribution in [0.5, 0.6) is 0 Å². The van der Waals surface area contributed by atoms with E-state index in [9.17, 15) is 0 Å². The molecule has 0 aliphatic heterocycles. The Balaban J connectivity index is 1.68. The van der Waals surface area contributed by atoms with Crippen molar-refractivity contribution in [3.63, 3.8) is 0 Å². The fourth-order valence-corrected chi connectivity index (χ4v) is 2.68. The standard InChI is InChI=1S/C18H20N2/c1-2-14-7-3-4-8-15(14)11-19-12-16-13-20-18-10-6-5-9-17(16)18/h3-10,13,19-20H,2,11-12H2,1H3. The fourth-order valence-electron chi connectivity index (χ4n) is 2.68. The minimum atomic E-state index is 0.891. The van der Waals surface area contributed by atoms with Crippen LogP contribution in [0.2, 0.25) is 0 Å². The molecule has 0 radical (unpaired) electrons. The van der Waals surface area contributed by atoms with E-state index in [0.717, 1.165) is 19.5 Å². The molecule has 2 heteroatoms. The highest BCUT2D eigenvalue weighted by Crippen LogP contribution is 2.17. The van der Waals surface area contributed by atoms with E-state index in [-0.39, 0.29) is 0 Å². The molecular formula is C18H20N2. The molecule has 1 aromatic heterocycles. The molecule has 0 bridgehead atoms. The van der Waals surface area contributed by atoms with E-state index >= 15 is 0 Å². The summed E-state index contributed by atoms with van der Waals surface area (Å²) in [6.07, 6.45) is 3.19. The van der Waals surface area contributed by atoms with Crippen LogP contribution >= 0.6 is 0 Å². The van der Waals surface area contributed by atoms with E-state index < -0.39 is 0 Å². The van der Waals surface area contributed by atoms with Gasteiger partial charge in [0.15, 0.2) is 0 Å². The zero-order valence-corrected chi connectivity index (χ0v) is 11.8. The van der Waals surface area contributed by atoms with Crippen LogP contribution in [0.25, 0.3) is 10.9 Å². The molecule has 1 heterocycles. The van der Waals surface area contributed by atoms with Gasteiger partial charge in [-0.05, 0) is 29.2 Å². The number of aromatic nitrogens is 1. The number of para-hydroxylation sites is 1. The van der Waals surface area contributed by atoms with Crippen molar-refractivity contribution in [2.45, 2.75) is 26.4 Å². The summed E-state index contributed by atoms with van der Waals surface area (Å²) >= 11 is 0. The van der Waals surface area contributed by atoms with Gasteiger partial charge in [-0.1, -0.05) is 49.4 Å². The van der Waals surface area contributed by atoms with E-state index in [0.29, 0.717) is 0 Å². The second-order valence-corrected chi connectivity index (χ2v) is 5.09. The topological polar surface area (TPSA) is 27.8 Å². The van der Waals surface area contributed by atoms with Crippen LogP contribution in [0.4, 0.5) is 0 Å². The van der Waals surface area contributed by atoms with Crippen molar-refractivity contribution in [2.75, 3.05) is 0 Å². The first kappa shape index (κ1) is 12.9. The number of benzene rings is 2. The zero-order valence-electron chi connectivity index (χ0n) is 11.8. The molecule has 20 heavy (non-hydrogen) atoms. The number of aryl methyl sites for hydroxylation is 1. The number of H-pyrrole nitrogens is 1. The first-order valence-electron chi connectivity index (χ1n) is 7.21. The summed E-state index contributed by atoms with van der Waals surface area (Å²) in [6.45, 7) is 4.02. The Labute approximate surface area is 119 Å². The van der Waals surface area contributed by atoms with Gasteiger partial charge in [0.05, 0.1) is 0 Å². The molecule has 0 fully saturated rings. The van der Waals surface area contributed by atoms with Gasteiger partial charge >= 0.3 is 0 Å². The monoisotopic (exact) mass is 264 g/mol. The van der Waals surface area contributed by atoms with Gasteiger partial charge in [-0.25, -0.2) is 0 Å². The van der Waals surface area contributed by atoms with Crippen LogP contribution in [-0.4, -0.2) is 4.98 Å². The summed E-state index contributed by atoms with van der Waals surface area (Å²) in [7, 11) is 0. The Morgan fingerprint density at radius 3 is 2.40 bits per heavy atom. The summed E-state index contributed by atoms with van der Waals surface area (Å²) in [5, 5.41) is 4.86. The van der Waals surface area contributed by atoms with Gasteiger partial charge in [0, 0.05) is 30.2 Å². The maximum atomic E-state index is 3.55. The molecule has 0 saturated carbocycles. The Morgan fingerprint density at radius 2 is 1.55 bits per heavy atom. The number of fused-ring (bicyclic) bond motifs is 1. The SMILES string of the molecule is CCc1ccccc1CNCc1c[nH]c2ccccc12. The first-order valence-corrected chi connectivity index (χ1v) is 7.21. The molecule has 2 N–H and O–H groups in total. The maximum absolute atomic E-state index is 3.55. The molecular weight excluding hydrogens is 244 g/mol. The predicted molar refractivity (Wildman–Crippen MR) is 84.7 cm³/mol. The van der Waals surface area contributed by atoms with E-state index in [4.69, 9.17) is 0 Å². The molecule has 2 nitrogen and oxygen atoms in total. The molecule has 0 spiro atoms. The summed E-state index contributed by atoms with van der Waals surface area (Å²) in [5.74, 6) is 0. The first-order chi connectivity index (χ1) is 9.88. The number of rotatable bonds is 5. The highest BCUT2D eigenvalue weighted by molar-refractivity contribution is 5.82. The molecule has 0 amide bonds. The number of hydrogen-bond acceptors (Lipinski definition) is 1. The average Bonchev–Trinajstić information content (AvgIpc) is 2.91. The quantitative estimate of drug-likeness (QED) is 0.715. The van der Waals surface area contributed by atoms with Gasteiger partial charge in [0.1, 0.15) is 0 Å². The minimum Gasteiger partial charge on any atom is -0.361 e. The van der Waals surface area contributed by atoms with Crippen molar-refractivity contribution in [3.05, 3.63) is 71.4 Å². The molecule has 0 saturated heterocycles. The van der Waals surface area contributed by atoms with Crippen molar-refractivity contribution in [1.82, 2.24) is 10.3 Å². The van der Waals surface area contributed by atoms with Gasteiger partial charge < -0.3 is 10.3 Å².